The molecule has 0 bridgehead atoms. The molecule has 1 saturated heterocycles. The summed E-state index contributed by atoms with van der Waals surface area (Å²) in [6.07, 6.45) is 2.31. The zero-order valence-electron chi connectivity index (χ0n) is 15.6. The van der Waals surface area contributed by atoms with Gasteiger partial charge in [0, 0.05) is 18.7 Å². The molecule has 0 radical (unpaired) electrons. The van der Waals surface area contributed by atoms with Gasteiger partial charge in [-0.25, -0.2) is 4.79 Å². The third-order valence-electron chi connectivity index (χ3n) is 4.22. The normalized spacial score (nSPS) is 15.0. The molecule has 9 heteroatoms. The summed E-state index contributed by atoms with van der Waals surface area (Å²) < 4.78 is 6.43. The van der Waals surface area contributed by atoms with E-state index in [1.165, 1.54) is 17.0 Å². The monoisotopic (exact) mass is 459 g/mol. The van der Waals surface area contributed by atoms with Crippen LogP contribution >= 0.6 is 15.9 Å². The average Bonchev–Trinajstić information content (AvgIpc) is 2.95. The molecular formula is C20H18BrN3O5. The van der Waals surface area contributed by atoms with Gasteiger partial charge in [-0.15, -0.1) is 0 Å². The number of halogens is 1. The fraction of sp³-hybridized carbons (Fsp3) is 0.200. The van der Waals surface area contributed by atoms with Crippen LogP contribution in [0.2, 0.25) is 0 Å². The number of carbonyl (C=O) groups is 2. The van der Waals surface area contributed by atoms with Gasteiger partial charge in [-0.1, -0.05) is 13.0 Å². The molecule has 8 nitrogen and oxygen atoms in total. The molecule has 1 fully saturated rings. The minimum Gasteiger partial charge on any atom is -0.488 e. The lowest BCUT2D eigenvalue weighted by molar-refractivity contribution is -0.384. The van der Waals surface area contributed by atoms with E-state index in [2.05, 4.69) is 21.2 Å². The molecule has 1 N–H and O–H groups in total. The van der Waals surface area contributed by atoms with Crippen LogP contribution in [0.5, 0.6) is 5.75 Å². The topological polar surface area (TPSA) is 102 Å². The van der Waals surface area contributed by atoms with Gasteiger partial charge in [0.1, 0.15) is 18.1 Å². The Morgan fingerprint density at radius 2 is 1.93 bits per heavy atom. The van der Waals surface area contributed by atoms with Crippen molar-refractivity contribution in [2.75, 3.05) is 6.54 Å². The van der Waals surface area contributed by atoms with Crippen LogP contribution in [0.4, 0.5) is 10.5 Å². The van der Waals surface area contributed by atoms with Gasteiger partial charge in [0.25, 0.3) is 11.6 Å². The number of nitrogens with zero attached hydrogens (tertiary/aromatic N) is 2. The van der Waals surface area contributed by atoms with Crippen LogP contribution < -0.4 is 10.1 Å². The van der Waals surface area contributed by atoms with Crippen LogP contribution in [0, 0.1) is 10.1 Å². The Labute approximate surface area is 175 Å². The molecule has 150 valence electrons. The second kappa shape index (κ2) is 8.87. The van der Waals surface area contributed by atoms with Gasteiger partial charge in [0.2, 0.25) is 0 Å². The highest BCUT2D eigenvalue weighted by molar-refractivity contribution is 9.10. The zero-order chi connectivity index (χ0) is 21.0. The minimum absolute atomic E-state index is 0.0263. The van der Waals surface area contributed by atoms with E-state index in [9.17, 15) is 19.7 Å². The Morgan fingerprint density at radius 1 is 1.21 bits per heavy atom. The van der Waals surface area contributed by atoms with Crippen molar-refractivity contribution in [1.29, 1.82) is 0 Å². The molecule has 0 unspecified atom stereocenters. The van der Waals surface area contributed by atoms with Crippen LogP contribution in [0.15, 0.2) is 52.6 Å². The summed E-state index contributed by atoms with van der Waals surface area (Å²) >= 11 is 3.44. The van der Waals surface area contributed by atoms with Crippen molar-refractivity contribution in [3.8, 4) is 5.75 Å². The number of imide groups is 1. The van der Waals surface area contributed by atoms with Gasteiger partial charge < -0.3 is 10.1 Å². The van der Waals surface area contributed by atoms with E-state index in [-0.39, 0.29) is 23.9 Å². The Balaban J connectivity index is 1.68. The molecule has 0 saturated carbocycles. The number of carbonyl (C=O) groups excluding carboxylic acids is 2. The first-order chi connectivity index (χ1) is 13.9. The Bertz CT molecular complexity index is 988. The summed E-state index contributed by atoms with van der Waals surface area (Å²) in [5.74, 6) is 0.242. The van der Waals surface area contributed by atoms with Crippen molar-refractivity contribution < 1.29 is 19.2 Å². The van der Waals surface area contributed by atoms with Crippen LogP contribution in [0.3, 0.4) is 0 Å². The predicted octanol–water partition coefficient (Wildman–Crippen LogP) is 4.24. The molecule has 1 aliphatic rings. The summed E-state index contributed by atoms with van der Waals surface area (Å²) in [6.45, 7) is 2.52. The second-order valence-electron chi connectivity index (χ2n) is 6.35. The number of hydrogen-bond acceptors (Lipinski definition) is 5. The first kappa shape index (κ1) is 20.5. The molecule has 3 amide bonds. The van der Waals surface area contributed by atoms with Crippen LogP contribution in [0.25, 0.3) is 6.08 Å². The number of benzene rings is 2. The van der Waals surface area contributed by atoms with Crippen LogP contribution in [-0.2, 0) is 11.4 Å². The summed E-state index contributed by atoms with van der Waals surface area (Å²) in [6, 6.07) is 11.0. The van der Waals surface area contributed by atoms with E-state index in [4.69, 9.17) is 4.74 Å². The highest BCUT2D eigenvalue weighted by atomic mass is 79.9. The highest BCUT2D eigenvalue weighted by Crippen LogP contribution is 2.28. The molecule has 1 aliphatic heterocycles. The van der Waals surface area contributed by atoms with Crippen molar-refractivity contribution in [3.63, 3.8) is 0 Å². The number of nitrogens with one attached hydrogen (secondary N) is 1. The Hall–Kier alpha value is -3.20. The van der Waals surface area contributed by atoms with Crippen LogP contribution in [0.1, 0.15) is 24.5 Å². The average molecular weight is 460 g/mol. The van der Waals surface area contributed by atoms with E-state index in [1.807, 2.05) is 6.92 Å². The number of hydrogen-bond donors (Lipinski definition) is 1. The largest absolute Gasteiger partial charge is 0.488 e. The number of urea groups is 1. The van der Waals surface area contributed by atoms with Gasteiger partial charge in [-0.05, 0) is 63.8 Å². The summed E-state index contributed by atoms with van der Waals surface area (Å²) in [7, 11) is 0. The summed E-state index contributed by atoms with van der Waals surface area (Å²) in [5.41, 5.74) is 1.78. The molecule has 1 heterocycles. The first-order valence-corrected chi connectivity index (χ1v) is 9.68. The lowest BCUT2D eigenvalue weighted by atomic mass is 10.2. The number of ether oxygens (including phenoxy) is 1. The van der Waals surface area contributed by atoms with Gasteiger partial charge in [-0.2, -0.15) is 0 Å². The number of nitro groups is 1. The molecule has 2 aromatic carbocycles. The maximum absolute atomic E-state index is 12.3. The van der Waals surface area contributed by atoms with Crippen molar-refractivity contribution in [3.05, 3.63) is 73.9 Å². The molecule has 0 aliphatic carbocycles. The minimum atomic E-state index is -0.451. The molecule has 0 spiro atoms. The van der Waals surface area contributed by atoms with Gasteiger partial charge in [0.15, 0.2) is 0 Å². The number of nitro benzene ring substituents is 1. The van der Waals surface area contributed by atoms with Crippen LogP contribution in [-0.4, -0.2) is 28.3 Å². The maximum atomic E-state index is 12.3. The van der Waals surface area contributed by atoms with E-state index >= 15 is 0 Å². The third kappa shape index (κ3) is 4.80. The fourth-order valence-corrected chi connectivity index (χ4v) is 3.27. The molecule has 3 rings (SSSR count). The smallest absolute Gasteiger partial charge is 0.329 e. The Morgan fingerprint density at radius 3 is 2.55 bits per heavy atom. The summed E-state index contributed by atoms with van der Waals surface area (Å²) in [5, 5.41) is 13.3. The second-order valence-corrected chi connectivity index (χ2v) is 7.20. The standard InChI is InChI=1S/C20H18BrN3O5/c1-2-9-23-19(25)17(22-20(23)26)11-14-5-8-18(16(21)10-14)29-12-13-3-6-15(7-4-13)24(27)28/h3-8,10-11H,2,9,12H2,1H3,(H,22,26)/b17-11+. The first-order valence-electron chi connectivity index (χ1n) is 8.89. The lowest BCUT2D eigenvalue weighted by Crippen LogP contribution is -2.31. The molecule has 2 aromatic rings. The molecular weight excluding hydrogens is 442 g/mol. The fourth-order valence-electron chi connectivity index (χ4n) is 2.76. The summed E-state index contributed by atoms with van der Waals surface area (Å²) in [4.78, 5) is 35.6. The van der Waals surface area contributed by atoms with E-state index in [0.29, 0.717) is 23.2 Å². The van der Waals surface area contributed by atoms with Crippen molar-refractivity contribution in [1.82, 2.24) is 10.2 Å². The van der Waals surface area contributed by atoms with E-state index < -0.39 is 11.0 Å². The predicted molar refractivity (Wildman–Crippen MR) is 110 cm³/mol. The third-order valence-corrected chi connectivity index (χ3v) is 4.84. The lowest BCUT2D eigenvalue weighted by Gasteiger charge is -2.09. The molecule has 0 aromatic heterocycles. The van der Waals surface area contributed by atoms with E-state index in [1.54, 1.807) is 36.4 Å². The van der Waals surface area contributed by atoms with Gasteiger partial charge >= 0.3 is 6.03 Å². The van der Waals surface area contributed by atoms with Crippen molar-refractivity contribution in [2.24, 2.45) is 0 Å². The zero-order valence-corrected chi connectivity index (χ0v) is 17.1. The highest BCUT2D eigenvalue weighted by Gasteiger charge is 2.32. The quantitative estimate of drug-likeness (QED) is 0.288. The van der Waals surface area contributed by atoms with E-state index in [0.717, 1.165) is 11.1 Å². The molecule has 29 heavy (non-hydrogen) atoms. The number of amides is 3. The van der Waals surface area contributed by atoms with Crippen molar-refractivity contribution >= 4 is 39.6 Å². The SMILES string of the molecule is CCCN1C(=O)N/C(=C/c2ccc(OCc3ccc([N+](=O)[O-])cc3)c(Br)c2)C1=O. The number of rotatable bonds is 7. The Kier molecular flexibility index (Phi) is 6.28. The number of non-ortho nitro benzene ring substituents is 1. The van der Waals surface area contributed by atoms with Gasteiger partial charge in [-0.3, -0.25) is 19.8 Å². The van der Waals surface area contributed by atoms with Gasteiger partial charge in [0.05, 0.1) is 9.40 Å². The maximum Gasteiger partial charge on any atom is 0.329 e. The van der Waals surface area contributed by atoms with Crippen molar-refractivity contribution in [2.45, 2.75) is 20.0 Å². The molecule has 0 atom stereocenters.